The van der Waals surface area contributed by atoms with Crippen molar-refractivity contribution in [3.63, 3.8) is 0 Å². The van der Waals surface area contributed by atoms with Gasteiger partial charge in [0.2, 0.25) is 0 Å². The lowest BCUT2D eigenvalue weighted by Crippen LogP contribution is -2.08. The van der Waals surface area contributed by atoms with E-state index < -0.39 is 0 Å². The second kappa shape index (κ2) is 6.40. The van der Waals surface area contributed by atoms with Crippen molar-refractivity contribution in [1.29, 1.82) is 5.26 Å². The fourth-order valence-corrected chi connectivity index (χ4v) is 1.96. The van der Waals surface area contributed by atoms with Crippen molar-refractivity contribution < 1.29 is 4.74 Å². The van der Waals surface area contributed by atoms with Gasteiger partial charge in [0.15, 0.2) is 0 Å². The van der Waals surface area contributed by atoms with Crippen LogP contribution >= 0.6 is 22.6 Å². The van der Waals surface area contributed by atoms with Gasteiger partial charge < -0.3 is 4.74 Å². The maximum atomic E-state index is 8.57. The standard InChI is InChI=1S/C13H12IN3O/c14-12-9-16-17(10-12)7-8-18-13-3-1-11(2-4-13)5-6-15/h1-4,9-10H,5,7-8H2. The summed E-state index contributed by atoms with van der Waals surface area (Å²) in [4.78, 5) is 0. The Morgan fingerprint density at radius 1 is 1.33 bits per heavy atom. The van der Waals surface area contributed by atoms with E-state index in [0.717, 1.165) is 21.4 Å². The molecule has 0 amide bonds. The van der Waals surface area contributed by atoms with Gasteiger partial charge >= 0.3 is 0 Å². The van der Waals surface area contributed by atoms with Gasteiger partial charge in [-0.25, -0.2) is 0 Å². The Balaban J connectivity index is 1.81. The highest BCUT2D eigenvalue weighted by Gasteiger charge is 1.97. The molecule has 0 bridgehead atoms. The Hall–Kier alpha value is -1.55. The van der Waals surface area contributed by atoms with Gasteiger partial charge in [-0.3, -0.25) is 4.68 Å². The molecule has 18 heavy (non-hydrogen) atoms. The van der Waals surface area contributed by atoms with Crippen LogP contribution in [0.15, 0.2) is 36.7 Å². The Kier molecular flexibility index (Phi) is 4.59. The summed E-state index contributed by atoms with van der Waals surface area (Å²) in [6.07, 6.45) is 4.23. The van der Waals surface area contributed by atoms with Crippen LogP contribution in [0.4, 0.5) is 0 Å². The van der Waals surface area contributed by atoms with Crippen LogP contribution in [0.5, 0.6) is 5.75 Å². The van der Waals surface area contributed by atoms with Crippen molar-refractivity contribution in [1.82, 2.24) is 9.78 Å². The van der Waals surface area contributed by atoms with E-state index in [4.69, 9.17) is 10.00 Å². The summed E-state index contributed by atoms with van der Waals surface area (Å²) < 4.78 is 8.58. The number of hydrogen-bond acceptors (Lipinski definition) is 3. The zero-order valence-corrected chi connectivity index (χ0v) is 11.9. The molecule has 0 spiro atoms. The number of nitrogens with zero attached hydrogens (tertiary/aromatic N) is 3. The minimum absolute atomic E-state index is 0.437. The molecule has 0 saturated carbocycles. The molecule has 0 aliphatic heterocycles. The molecule has 0 aliphatic carbocycles. The van der Waals surface area contributed by atoms with Crippen molar-refractivity contribution in [2.75, 3.05) is 6.61 Å². The number of benzene rings is 1. The smallest absolute Gasteiger partial charge is 0.119 e. The molecule has 0 unspecified atom stereocenters. The van der Waals surface area contributed by atoms with E-state index in [1.54, 1.807) is 0 Å². The van der Waals surface area contributed by atoms with E-state index in [1.807, 2.05) is 41.3 Å². The van der Waals surface area contributed by atoms with Gasteiger partial charge in [-0.15, -0.1) is 0 Å². The second-order valence-corrected chi connectivity index (χ2v) is 4.99. The fraction of sp³-hybridized carbons (Fsp3) is 0.231. The third kappa shape index (κ3) is 3.74. The number of halogens is 1. The Bertz CT molecular complexity index is 542. The number of hydrogen-bond donors (Lipinski definition) is 0. The Morgan fingerprint density at radius 2 is 2.11 bits per heavy atom. The molecule has 1 aromatic carbocycles. The minimum atomic E-state index is 0.437. The summed E-state index contributed by atoms with van der Waals surface area (Å²) in [5.41, 5.74) is 1.01. The zero-order valence-electron chi connectivity index (χ0n) is 9.71. The molecule has 0 saturated heterocycles. The SMILES string of the molecule is N#CCc1ccc(OCCn2cc(I)cn2)cc1. The van der Waals surface area contributed by atoms with E-state index >= 15 is 0 Å². The molecule has 0 radical (unpaired) electrons. The van der Waals surface area contributed by atoms with Crippen molar-refractivity contribution >= 4 is 22.6 Å². The van der Waals surface area contributed by atoms with E-state index in [9.17, 15) is 0 Å². The first kappa shape index (κ1) is 12.9. The fourth-order valence-electron chi connectivity index (χ4n) is 1.51. The quantitative estimate of drug-likeness (QED) is 0.777. The van der Waals surface area contributed by atoms with Crippen molar-refractivity contribution in [2.45, 2.75) is 13.0 Å². The molecule has 0 aliphatic rings. The van der Waals surface area contributed by atoms with E-state index in [1.165, 1.54) is 0 Å². The predicted molar refractivity (Wildman–Crippen MR) is 76.2 cm³/mol. The lowest BCUT2D eigenvalue weighted by molar-refractivity contribution is 0.291. The normalized spacial score (nSPS) is 10.0. The lowest BCUT2D eigenvalue weighted by Gasteiger charge is -2.06. The van der Waals surface area contributed by atoms with Crippen LogP contribution in [0, 0.1) is 14.9 Å². The van der Waals surface area contributed by atoms with E-state index in [2.05, 4.69) is 33.8 Å². The molecule has 4 nitrogen and oxygen atoms in total. The zero-order chi connectivity index (χ0) is 12.8. The molecule has 0 N–H and O–H groups in total. The van der Waals surface area contributed by atoms with Crippen LogP contribution in [0.25, 0.3) is 0 Å². The molecule has 92 valence electrons. The topological polar surface area (TPSA) is 50.8 Å². The summed E-state index contributed by atoms with van der Waals surface area (Å²) in [6.45, 7) is 1.30. The molecule has 1 aromatic heterocycles. The third-order valence-electron chi connectivity index (χ3n) is 2.40. The minimum Gasteiger partial charge on any atom is -0.492 e. The van der Waals surface area contributed by atoms with E-state index in [0.29, 0.717) is 13.0 Å². The van der Waals surface area contributed by atoms with Crippen LogP contribution < -0.4 is 4.74 Å². The van der Waals surface area contributed by atoms with Crippen molar-refractivity contribution in [3.05, 3.63) is 45.8 Å². The molecule has 0 fully saturated rings. The Morgan fingerprint density at radius 3 is 2.72 bits per heavy atom. The van der Waals surface area contributed by atoms with Gasteiger partial charge in [-0.1, -0.05) is 12.1 Å². The number of rotatable bonds is 5. The highest BCUT2D eigenvalue weighted by Crippen LogP contribution is 2.12. The molecule has 2 aromatic rings. The van der Waals surface area contributed by atoms with Gasteiger partial charge in [0.05, 0.1) is 28.8 Å². The van der Waals surface area contributed by atoms with E-state index in [-0.39, 0.29) is 0 Å². The van der Waals surface area contributed by atoms with Crippen LogP contribution in [0.2, 0.25) is 0 Å². The van der Waals surface area contributed by atoms with Crippen LogP contribution in [0.1, 0.15) is 5.56 Å². The maximum Gasteiger partial charge on any atom is 0.119 e. The summed E-state index contributed by atoms with van der Waals surface area (Å²) in [5, 5.41) is 12.7. The lowest BCUT2D eigenvalue weighted by atomic mass is 10.2. The molecule has 1 heterocycles. The summed E-state index contributed by atoms with van der Waals surface area (Å²) in [7, 11) is 0. The maximum absolute atomic E-state index is 8.57. The van der Waals surface area contributed by atoms with Gasteiger partial charge in [0.1, 0.15) is 12.4 Å². The van der Waals surface area contributed by atoms with Crippen LogP contribution in [-0.2, 0) is 13.0 Å². The molecular weight excluding hydrogens is 341 g/mol. The van der Waals surface area contributed by atoms with Crippen molar-refractivity contribution in [3.8, 4) is 11.8 Å². The highest BCUT2D eigenvalue weighted by atomic mass is 127. The van der Waals surface area contributed by atoms with Gasteiger partial charge in [-0.05, 0) is 40.3 Å². The summed E-state index contributed by atoms with van der Waals surface area (Å²) in [5.74, 6) is 0.818. The first-order valence-electron chi connectivity index (χ1n) is 5.54. The summed E-state index contributed by atoms with van der Waals surface area (Å²) in [6, 6.07) is 9.72. The largest absolute Gasteiger partial charge is 0.492 e. The Labute approximate surface area is 119 Å². The third-order valence-corrected chi connectivity index (χ3v) is 2.95. The first-order chi connectivity index (χ1) is 8.78. The second-order valence-electron chi connectivity index (χ2n) is 3.75. The molecule has 0 atom stereocenters. The van der Waals surface area contributed by atoms with Crippen LogP contribution in [-0.4, -0.2) is 16.4 Å². The molecule has 2 rings (SSSR count). The van der Waals surface area contributed by atoms with Crippen molar-refractivity contribution in [2.24, 2.45) is 0 Å². The molecular formula is C13H12IN3O. The number of aromatic nitrogens is 2. The van der Waals surface area contributed by atoms with Gasteiger partial charge in [-0.2, -0.15) is 10.4 Å². The highest BCUT2D eigenvalue weighted by molar-refractivity contribution is 14.1. The molecule has 5 heteroatoms. The monoisotopic (exact) mass is 353 g/mol. The summed E-state index contributed by atoms with van der Waals surface area (Å²) >= 11 is 2.22. The van der Waals surface area contributed by atoms with Gasteiger partial charge in [0, 0.05) is 6.20 Å². The number of nitriles is 1. The average molecular weight is 353 g/mol. The predicted octanol–water partition coefficient (Wildman–Crippen LogP) is 2.63. The van der Waals surface area contributed by atoms with Gasteiger partial charge in [0.25, 0.3) is 0 Å². The first-order valence-corrected chi connectivity index (χ1v) is 6.62. The number of ether oxygens (including phenoxy) is 1. The average Bonchev–Trinajstić information content (AvgIpc) is 2.78. The van der Waals surface area contributed by atoms with Crippen LogP contribution in [0.3, 0.4) is 0 Å².